The van der Waals surface area contributed by atoms with Crippen LogP contribution in [0.4, 0.5) is 18.9 Å². The van der Waals surface area contributed by atoms with Crippen molar-refractivity contribution in [2.45, 2.75) is 18.6 Å². The summed E-state index contributed by atoms with van der Waals surface area (Å²) in [6.45, 7) is -0.336. The number of H-pyrrole nitrogens is 1. The molecule has 2 N–H and O–H groups in total. The lowest BCUT2D eigenvalue weighted by Gasteiger charge is -2.23. The van der Waals surface area contributed by atoms with Crippen LogP contribution in [-0.2, 0) is 15.8 Å². The van der Waals surface area contributed by atoms with Gasteiger partial charge in [0.05, 0.1) is 24.1 Å². The van der Waals surface area contributed by atoms with Gasteiger partial charge >= 0.3 is 6.18 Å². The highest BCUT2D eigenvalue weighted by Gasteiger charge is 2.39. The Morgan fingerprint density at radius 3 is 2.56 bits per heavy atom. The Morgan fingerprint density at radius 2 is 1.89 bits per heavy atom. The van der Waals surface area contributed by atoms with Crippen LogP contribution in [-0.4, -0.2) is 58.7 Å². The van der Waals surface area contributed by atoms with Gasteiger partial charge in [-0.2, -0.15) is 18.4 Å². The van der Waals surface area contributed by atoms with Gasteiger partial charge < -0.3 is 20.1 Å². The molecular weight excluding hydrogens is 475 g/mol. The van der Waals surface area contributed by atoms with Crippen LogP contribution in [0.1, 0.15) is 22.5 Å². The topological polar surface area (TPSA) is 109 Å². The predicted molar refractivity (Wildman–Crippen MR) is 125 cm³/mol. The molecule has 1 fully saturated rings. The fraction of sp³-hybridized carbons (Fsp3) is 0.280. The van der Waals surface area contributed by atoms with Crippen LogP contribution in [0, 0.1) is 17.2 Å². The molecule has 1 aromatic heterocycles. The van der Waals surface area contributed by atoms with Gasteiger partial charge in [0.2, 0.25) is 11.8 Å². The number of anilines is 1. The van der Waals surface area contributed by atoms with Gasteiger partial charge in [0.15, 0.2) is 0 Å². The van der Waals surface area contributed by atoms with Crippen LogP contribution in [0.3, 0.4) is 0 Å². The van der Waals surface area contributed by atoms with Crippen molar-refractivity contribution in [1.82, 2.24) is 14.8 Å². The molecule has 2 heterocycles. The smallest absolute Gasteiger partial charge is 0.351 e. The van der Waals surface area contributed by atoms with Gasteiger partial charge in [0, 0.05) is 30.2 Å². The van der Waals surface area contributed by atoms with Crippen LogP contribution in [0.2, 0.25) is 0 Å². The van der Waals surface area contributed by atoms with E-state index in [2.05, 4.69) is 10.3 Å². The van der Waals surface area contributed by atoms with Crippen LogP contribution in [0.25, 0.3) is 10.9 Å². The molecule has 4 rings (SSSR count). The summed E-state index contributed by atoms with van der Waals surface area (Å²) >= 11 is 0. The summed E-state index contributed by atoms with van der Waals surface area (Å²) in [5.41, 5.74) is 0.145. The van der Waals surface area contributed by atoms with E-state index in [-0.39, 0.29) is 36.5 Å². The molecule has 186 valence electrons. The minimum absolute atomic E-state index is 0.0259. The summed E-state index contributed by atoms with van der Waals surface area (Å²) in [4.78, 5) is 43.6. The molecule has 0 aliphatic carbocycles. The summed E-state index contributed by atoms with van der Waals surface area (Å²) in [6.07, 6.45) is -4.34. The largest absolute Gasteiger partial charge is 0.416 e. The minimum atomic E-state index is -4.51. The third kappa shape index (κ3) is 5.17. The summed E-state index contributed by atoms with van der Waals surface area (Å²) in [5.74, 6) is -2.00. The quantitative estimate of drug-likeness (QED) is 0.561. The average molecular weight is 497 g/mol. The SMILES string of the molecule is CN(CC(=O)N1CC(C(=O)Nc2ccccc2)CC1C#N)C(=O)c1cc2cc(C(F)(F)F)ccc2[nH]1. The molecule has 0 bridgehead atoms. The Bertz CT molecular complexity index is 1350. The standard InChI is InChI=1S/C25H22F3N5O3/c1-32(24(36)21-11-15-9-17(25(26,27)28)7-8-20(15)31-21)14-22(34)33-13-16(10-19(33)12-29)23(35)30-18-5-3-2-4-6-18/h2-9,11,16,19,31H,10,13-14H2,1H3,(H,30,35). The zero-order chi connectivity index (χ0) is 26.0. The summed E-state index contributed by atoms with van der Waals surface area (Å²) < 4.78 is 38.9. The second-order valence-corrected chi connectivity index (χ2v) is 8.62. The number of carbonyl (C=O) groups is 3. The van der Waals surface area contributed by atoms with Crippen LogP contribution < -0.4 is 5.32 Å². The number of halogens is 3. The van der Waals surface area contributed by atoms with Gasteiger partial charge in [0.25, 0.3) is 5.91 Å². The Kier molecular flexibility index (Phi) is 6.70. The number of nitrogens with one attached hydrogen (secondary N) is 2. The number of nitriles is 1. The molecule has 2 atom stereocenters. The number of rotatable bonds is 5. The molecular formula is C25H22F3N5O3. The van der Waals surface area contributed by atoms with E-state index in [1.165, 1.54) is 24.1 Å². The van der Waals surface area contributed by atoms with E-state index in [1.807, 2.05) is 12.1 Å². The first kappa shape index (κ1) is 24.8. The van der Waals surface area contributed by atoms with E-state index in [4.69, 9.17) is 0 Å². The first-order valence-electron chi connectivity index (χ1n) is 11.1. The van der Waals surface area contributed by atoms with Crippen molar-refractivity contribution < 1.29 is 27.6 Å². The molecule has 1 saturated heterocycles. The van der Waals surface area contributed by atoms with Gasteiger partial charge in [-0.05, 0) is 42.8 Å². The fourth-order valence-electron chi connectivity index (χ4n) is 4.19. The number of hydrogen-bond acceptors (Lipinski definition) is 4. The normalized spacial score (nSPS) is 17.6. The molecule has 36 heavy (non-hydrogen) atoms. The number of fused-ring (bicyclic) bond motifs is 1. The van der Waals surface area contributed by atoms with Crippen molar-refractivity contribution in [3.8, 4) is 6.07 Å². The van der Waals surface area contributed by atoms with Gasteiger partial charge in [-0.25, -0.2) is 0 Å². The van der Waals surface area contributed by atoms with Crippen LogP contribution >= 0.6 is 0 Å². The number of para-hydroxylation sites is 1. The summed E-state index contributed by atoms with van der Waals surface area (Å²) in [5, 5.41) is 12.5. The zero-order valence-electron chi connectivity index (χ0n) is 19.2. The molecule has 0 spiro atoms. The second kappa shape index (κ2) is 9.73. The molecule has 8 nitrogen and oxygen atoms in total. The lowest BCUT2D eigenvalue weighted by Crippen LogP contribution is -2.43. The molecule has 1 aliphatic rings. The Balaban J connectivity index is 1.41. The lowest BCUT2D eigenvalue weighted by atomic mass is 10.1. The highest BCUT2D eigenvalue weighted by Crippen LogP contribution is 2.31. The van der Waals surface area contributed by atoms with Gasteiger partial charge in [-0.15, -0.1) is 0 Å². The summed E-state index contributed by atoms with van der Waals surface area (Å²) in [7, 11) is 1.38. The molecule has 11 heteroatoms. The number of alkyl halides is 3. The lowest BCUT2D eigenvalue weighted by molar-refractivity contribution is -0.137. The maximum atomic E-state index is 13.0. The van der Waals surface area contributed by atoms with Gasteiger partial charge in [-0.1, -0.05) is 18.2 Å². The van der Waals surface area contributed by atoms with E-state index in [0.717, 1.165) is 17.0 Å². The molecule has 2 aromatic carbocycles. The van der Waals surface area contributed by atoms with Crippen molar-refractivity contribution in [2.75, 3.05) is 25.5 Å². The monoisotopic (exact) mass is 497 g/mol. The van der Waals surface area contributed by atoms with E-state index in [9.17, 15) is 32.8 Å². The van der Waals surface area contributed by atoms with Gasteiger partial charge in [-0.3, -0.25) is 14.4 Å². The first-order valence-corrected chi connectivity index (χ1v) is 11.1. The molecule has 3 amide bonds. The second-order valence-electron chi connectivity index (χ2n) is 8.62. The Labute approximate surface area is 204 Å². The zero-order valence-corrected chi connectivity index (χ0v) is 19.2. The molecule has 2 unspecified atom stereocenters. The average Bonchev–Trinajstić information content (AvgIpc) is 3.47. The van der Waals surface area contributed by atoms with Crippen molar-refractivity contribution in [1.29, 1.82) is 5.26 Å². The highest BCUT2D eigenvalue weighted by atomic mass is 19.4. The Morgan fingerprint density at radius 1 is 1.17 bits per heavy atom. The first-order chi connectivity index (χ1) is 17.1. The number of likely N-dealkylation sites (tertiary alicyclic amines) is 1. The third-order valence-corrected chi connectivity index (χ3v) is 6.08. The third-order valence-electron chi connectivity index (χ3n) is 6.08. The van der Waals surface area contributed by atoms with Crippen LogP contribution in [0.15, 0.2) is 54.6 Å². The number of amides is 3. The van der Waals surface area contributed by atoms with E-state index in [0.29, 0.717) is 11.2 Å². The van der Waals surface area contributed by atoms with E-state index >= 15 is 0 Å². The maximum Gasteiger partial charge on any atom is 0.416 e. The molecule has 1 aliphatic heterocycles. The van der Waals surface area contributed by atoms with Crippen molar-refractivity contribution in [3.05, 3.63) is 65.9 Å². The number of nitrogens with zero attached hydrogens (tertiary/aromatic N) is 3. The maximum absolute atomic E-state index is 13.0. The number of aromatic amines is 1. The molecule has 0 saturated carbocycles. The number of hydrogen-bond donors (Lipinski definition) is 2. The van der Waals surface area contributed by atoms with Crippen molar-refractivity contribution in [2.24, 2.45) is 5.92 Å². The number of carbonyl (C=O) groups excluding carboxylic acids is 3. The molecule has 3 aromatic rings. The summed E-state index contributed by atoms with van der Waals surface area (Å²) in [6, 6.07) is 14.4. The van der Waals surface area contributed by atoms with E-state index < -0.39 is 35.5 Å². The number of likely N-dealkylation sites (N-methyl/N-ethyl adjacent to an activating group) is 1. The fourth-order valence-corrected chi connectivity index (χ4v) is 4.19. The van der Waals surface area contributed by atoms with Crippen molar-refractivity contribution in [3.63, 3.8) is 0 Å². The highest BCUT2D eigenvalue weighted by molar-refractivity contribution is 6.00. The molecule has 0 radical (unpaired) electrons. The number of aromatic nitrogens is 1. The predicted octanol–water partition coefficient (Wildman–Crippen LogP) is 3.64. The Hall–Kier alpha value is -4.33. The van der Waals surface area contributed by atoms with Gasteiger partial charge in [0.1, 0.15) is 11.7 Å². The minimum Gasteiger partial charge on any atom is -0.351 e. The van der Waals surface area contributed by atoms with Crippen molar-refractivity contribution >= 4 is 34.3 Å². The number of benzene rings is 2. The van der Waals surface area contributed by atoms with Crippen LogP contribution in [0.5, 0.6) is 0 Å². The van der Waals surface area contributed by atoms with E-state index in [1.54, 1.807) is 24.3 Å².